The molecule has 1 atom stereocenters. The molecule has 16 heavy (non-hydrogen) atoms. The SMILES string of the molecule is C=C(C)C(=O)OCCC[SiH](COCC)OC. The van der Waals surface area contributed by atoms with Gasteiger partial charge in [0.25, 0.3) is 0 Å². The second-order valence-electron chi connectivity index (χ2n) is 3.58. The van der Waals surface area contributed by atoms with E-state index >= 15 is 0 Å². The van der Waals surface area contributed by atoms with Gasteiger partial charge in [-0.2, -0.15) is 0 Å². The maximum Gasteiger partial charge on any atom is 0.333 e. The van der Waals surface area contributed by atoms with Crippen LogP contribution in [0.15, 0.2) is 12.2 Å². The van der Waals surface area contributed by atoms with Gasteiger partial charge in [-0.3, -0.25) is 0 Å². The van der Waals surface area contributed by atoms with Crippen LogP contribution < -0.4 is 0 Å². The number of esters is 1. The first-order chi connectivity index (χ1) is 7.61. The quantitative estimate of drug-likeness (QED) is 0.267. The number of carbonyl (C=O) groups excluding carboxylic acids is 1. The highest BCUT2D eigenvalue weighted by atomic mass is 28.3. The molecule has 0 N–H and O–H groups in total. The fourth-order valence-corrected chi connectivity index (χ4v) is 2.78. The average Bonchev–Trinajstić information content (AvgIpc) is 2.27. The lowest BCUT2D eigenvalue weighted by molar-refractivity contribution is -0.138. The summed E-state index contributed by atoms with van der Waals surface area (Å²) in [6, 6.07) is 0.958. The number of rotatable bonds is 9. The van der Waals surface area contributed by atoms with Gasteiger partial charge in [0.2, 0.25) is 9.04 Å². The molecular weight excluding hydrogens is 224 g/mol. The Bertz CT molecular complexity index is 218. The topological polar surface area (TPSA) is 44.8 Å². The van der Waals surface area contributed by atoms with Crippen LogP contribution in [0, 0.1) is 0 Å². The fourth-order valence-electron chi connectivity index (χ4n) is 1.12. The highest BCUT2D eigenvalue weighted by Crippen LogP contribution is 2.01. The van der Waals surface area contributed by atoms with E-state index in [1.54, 1.807) is 14.0 Å². The summed E-state index contributed by atoms with van der Waals surface area (Å²) < 4.78 is 15.7. The third-order valence-electron chi connectivity index (χ3n) is 2.09. The Kier molecular flexibility index (Phi) is 9.17. The zero-order valence-corrected chi connectivity index (χ0v) is 11.6. The fraction of sp³-hybridized carbons (Fsp3) is 0.727. The van der Waals surface area contributed by atoms with Crippen LogP contribution >= 0.6 is 0 Å². The Labute approximate surface area is 99.3 Å². The third kappa shape index (κ3) is 7.61. The van der Waals surface area contributed by atoms with Gasteiger partial charge in [0, 0.05) is 19.3 Å². The van der Waals surface area contributed by atoms with Crippen molar-refractivity contribution >= 4 is 15.0 Å². The molecular formula is C11H22O4Si. The van der Waals surface area contributed by atoms with E-state index in [2.05, 4.69) is 6.58 Å². The van der Waals surface area contributed by atoms with Crippen LogP contribution in [-0.2, 0) is 18.7 Å². The van der Waals surface area contributed by atoms with E-state index in [-0.39, 0.29) is 5.97 Å². The average molecular weight is 246 g/mol. The molecule has 0 saturated carbocycles. The molecule has 0 aromatic carbocycles. The van der Waals surface area contributed by atoms with E-state index in [0.717, 1.165) is 25.3 Å². The molecule has 0 fully saturated rings. The Morgan fingerprint density at radius 2 is 2.12 bits per heavy atom. The molecule has 0 heterocycles. The van der Waals surface area contributed by atoms with Crippen molar-refractivity contribution in [2.24, 2.45) is 0 Å². The molecule has 4 nitrogen and oxygen atoms in total. The summed E-state index contributed by atoms with van der Waals surface area (Å²) in [7, 11) is 0.464. The molecule has 0 radical (unpaired) electrons. The summed E-state index contributed by atoms with van der Waals surface area (Å²) in [4.78, 5) is 11.1. The number of carbonyl (C=O) groups is 1. The second-order valence-corrected chi connectivity index (χ2v) is 6.20. The minimum absolute atomic E-state index is 0.319. The third-order valence-corrected chi connectivity index (χ3v) is 4.42. The second kappa shape index (κ2) is 9.56. The lowest BCUT2D eigenvalue weighted by Gasteiger charge is -2.12. The molecule has 1 unspecified atom stereocenters. The van der Waals surface area contributed by atoms with Crippen LogP contribution in [0.4, 0.5) is 0 Å². The standard InChI is InChI=1S/C11H22O4Si/c1-5-14-9-16(13-4)8-6-7-15-11(12)10(2)3/h16H,2,5-9H2,1,3-4H3. The summed E-state index contributed by atoms with van der Waals surface area (Å²) >= 11 is 0. The number of ether oxygens (including phenoxy) is 2. The predicted octanol–water partition coefficient (Wildman–Crippen LogP) is 1.44. The van der Waals surface area contributed by atoms with Gasteiger partial charge in [0.1, 0.15) is 0 Å². The maximum absolute atomic E-state index is 11.1. The number of hydrogen-bond donors (Lipinski definition) is 0. The van der Waals surface area contributed by atoms with E-state index in [9.17, 15) is 4.79 Å². The van der Waals surface area contributed by atoms with Crippen molar-refractivity contribution in [3.8, 4) is 0 Å². The van der Waals surface area contributed by atoms with Crippen LogP contribution in [0.3, 0.4) is 0 Å². The molecule has 0 aromatic heterocycles. The summed E-state index contributed by atoms with van der Waals surface area (Å²) in [5.41, 5.74) is 0.440. The van der Waals surface area contributed by atoms with Gasteiger partial charge < -0.3 is 13.9 Å². The smallest absolute Gasteiger partial charge is 0.333 e. The molecule has 0 aliphatic carbocycles. The first-order valence-electron chi connectivity index (χ1n) is 5.55. The lowest BCUT2D eigenvalue weighted by atomic mass is 10.4. The molecule has 0 aliphatic heterocycles. The Morgan fingerprint density at radius 3 is 2.62 bits per heavy atom. The molecule has 0 spiro atoms. The molecule has 0 aliphatic rings. The van der Waals surface area contributed by atoms with Gasteiger partial charge in [0.15, 0.2) is 0 Å². The van der Waals surface area contributed by atoms with Gasteiger partial charge in [-0.05, 0) is 26.3 Å². The highest BCUT2D eigenvalue weighted by molar-refractivity contribution is 6.51. The zero-order valence-electron chi connectivity index (χ0n) is 10.5. The minimum atomic E-state index is -1.25. The van der Waals surface area contributed by atoms with E-state index in [0.29, 0.717) is 12.2 Å². The van der Waals surface area contributed by atoms with Gasteiger partial charge >= 0.3 is 5.97 Å². The van der Waals surface area contributed by atoms with Crippen molar-refractivity contribution in [3.63, 3.8) is 0 Å². The first kappa shape index (κ1) is 15.3. The molecule has 94 valence electrons. The minimum Gasteiger partial charge on any atom is -0.462 e. The maximum atomic E-state index is 11.1. The van der Waals surface area contributed by atoms with Crippen molar-refractivity contribution in [3.05, 3.63) is 12.2 Å². The molecule has 0 amide bonds. The summed E-state index contributed by atoms with van der Waals surface area (Å²) in [5, 5.41) is 0. The van der Waals surface area contributed by atoms with Crippen molar-refractivity contribution in [2.45, 2.75) is 26.3 Å². The Morgan fingerprint density at radius 1 is 1.44 bits per heavy atom. The van der Waals surface area contributed by atoms with Crippen LogP contribution in [-0.4, -0.2) is 41.6 Å². The molecule has 0 aromatic rings. The zero-order chi connectivity index (χ0) is 12.4. The summed E-state index contributed by atoms with van der Waals surface area (Å²) in [6.07, 6.45) is 1.55. The van der Waals surface area contributed by atoms with E-state index in [1.165, 1.54) is 0 Å². The molecule has 0 rings (SSSR count). The van der Waals surface area contributed by atoms with Crippen LogP contribution in [0.25, 0.3) is 0 Å². The predicted molar refractivity (Wildman–Crippen MR) is 65.8 cm³/mol. The van der Waals surface area contributed by atoms with Gasteiger partial charge in [0.05, 0.1) is 12.8 Å². The van der Waals surface area contributed by atoms with E-state index in [4.69, 9.17) is 13.9 Å². The van der Waals surface area contributed by atoms with Crippen molar-refractivity contribution in [1.82, 2.24) is 0 Å². The first-order valence-corrected chi connectivity index (χ1v) is 7.65. The monoisotopic (exact) mass is 246 g/mol. The van der Waals surface area contributed by atoms with E-state index < -0.39 is 9.04 Å². The van der Waals surface area contributed by atoms with Crippen molar-refractivity contribution < 1.29 is 18.7 Å². The highest BCUT2D eigenvalue weighted by Gasteiger charge is 2.10. The van der Waals surface area contributed by atoms with Crippen LogP contribution in [0.5, 0.6) is 0 Å². The summed E-state index contributed by atoms with van der Waals surface area (Å²) in [5.74, 6) is -0.319. The molecule has 0 saturated heterocycles. The van der Waals surface area contributed by atoms with Gasteiger partial charge in [-0.25, -0.2) is 4.79 Å². The normalized spacial score (nSPS) is 12.2. The van der Waals surface area contributed by atoms with Crippen LogP contribution in [0.1, 0.15) is 20.3 Å². The van der Waals surface area contributed by atoms with Gasteiger partial charge in [-0.1, -0.05) is 6.58 Å². The Balaban J connectivity index is 3.55. The molecule has 5 heteroatoms. The molecule has 0 bridgehead atoms. The number of hydrogen-bond acceptors (Lipinski definition) is 4. The van der Waals surface area contributed by atoms with Gasteiger partial charge in [-0.15, -0.1) is 0 Å². The summed E-state index contributed by atoms with van der Waals surface area (Å²) in [6.45, 7) is 8.28. The Hall–Kier alpha value is -0.653. The van der Waals surface area contributed by atoms with Crippen molar-refractivity contribution in [1.29, 1.82) is 0 Å². The van der Waals surface area contributed by atoms with Crippen molar-refractivity contribution in [2.75, 3.05) is 26.6 Å². The van der Waals surface area contributed by atoms with Crippen LogP contribution in [0.2, 0.25) is 6.04 Å². The van der Waals surface area contributed by atoms with E-state index in [1.807, 2.05) is 6.92 Å². The largest absolute Gasteiger partial charge is 0.462 e. The lowest BCUT2D eigenvalue weighted by Crippen LogP contribution is -2.24.